The number of fused-ring (bicyclic) bond motifs is 1. The number of hydrogen-bond donors (Lipinski definition) is 7. The zero-order chi connectivity index (χ0) is 40.5. The second-order valence-corrected chi connectivity index (χ2v) is 16.4. The first kappa shape index (κ1) is 43.1. The maximum Gasteiger partial charge on any atom is 0.315 e. The highest BCUT2D eigenvalue weighted by atomic mass is 32.2. The number of carbonyl (C=O) groups excluding carboxylic acids is 1. The number of anilines is 4. The molecule has 1 heterocycles. The van der Waals surface area contributed by atoms with Crippen molar-refractivity contribution in [3.8, 4) is 0 Å². The van der Waals surface area contributed by atoms with Gasteiger partial charge in [0.2, 0.25) is 18.3 Å². The van der Waals surface area contributed by atoms with E-state index in [9.17, 15) is 51.7 Å². The second kappa shape index (κ2) is 17.7. The predicted octanol–water partition coefficient (Wildman–Crippen LogP) is 2.19. The molecule has 292 valence electrons. The van der Waals surface area contributed by atoms with Crippen molar-refractivity contribution in [2.75, 3.05) is 48.5 Å². The number of sulfone groups is 1. The van der Waals surface area contributed by atoms with Crippen LogP contribution in [0.15, 0.2) is 79.4 Å². The Labute approximate surface area is 307 Å². The quantitative estimate of drug-likeness (QED) is 0.0368. The number of halogens is 1. The fourth-order valence-electron chi connectivity index (χ4n) is 4.18. The first-order chi connectivity index (χ1) is 25.1. The fraction of sp³-hybridized carbons (Fsp3) is 0.185. The summed E-state index contributed by atoms with van der Waals surface area (Å²) >= 11 is 0. The van der Waals surface area contributed by atoms with E-state index in [4.69, 9.17) is 9.53 Å². The lowest BCUT2D eigenvalue weighted by Crippen LogP contribution is -2.16. The van der Waals surface area contributed by atoms with E-state index in [2.05, 4.69) is 53.4 Å². The van der Waals surface area contributed by atoms with Crippen LogP contribution in [0.1, 0.15) is 0 Å². The van der Waals surface area contributed by atoms with Crippen LogP contribution >= 0.6 is 0 Å². The maximum absolute atomic E-state index is 14.1. The molecule has 0 aliphatic heterocycles. The minimum atomic E-state index is -5.15. The van der Waals surface area contributed by atoms with Crippen molar-refractivity contribution in [3.05, 3.63) is 60.5 Å². The average Bonchev–Trinajstić information content (AvgIpc) is 3.07. The molecule has 0 saturated heterocycles. The summed E-state index contributed by atoms with van der Waals surface area (Å²) in [6.07, 6.45) is -0.886. The number of benzene rings is 3. The van der Waals surface area contributed by atoms with E-state index in [-0.39, 0.29) is 55.2 Å². The van der Waals surface area contributed by atoms with Crippen LogP contribution in [-0.2, 0) is 49.7 Å². The van der Waals surface area contributed by atoms with Crippen LogP contribution in [0.3, 0.4) is 0 Å². The van der Waals surface area contributed by atoms with Gasteiger partial charge in [-0.3, -0.25) is 18.5 Å². The van der Waals surface area contributed by atoms with Crippen LogP contribution in [0, 0.1) is 6.08 Å². The van der Waals surface area contributed by atoms with Gasteiger partial charge >= 0.3 is 6.08 Å². The van der Waals surface area contributed by atoms with Crippen LogP contribution < -0.4 is 21.7 Å². The molecule has 1 amide bonds. The zero-order valence-electron chi connectivity index (χ0n) is 27.5. The number of azo groups is 1. The minimum Gasteiger partial charge on any atom is -0.386 e. The van der Waals surface area contributed by atoms with E-state index in [1.165, 1.54) is 25.2 Å². The van der Waals surface area contributed by atoms with Gasteiger partial charge in [0.05, 0.1) is 29.5 Å². The van der Waals surface area contributed by atoms with Gasteiger partial charge in [0.25, 0.3) is 30.4 Å². The van der Waals surface area contributed by atoms with Gasteiger partial charge in [0, 0.05) is 30.1 Å². The summed E-state index contributed by atoms with van der Waals surface area (Å²) in [5.74, 6) is -0.641. The minimum absolute atomic E-state index is 0.0475. The van der Waals surface area contributed by atoms with Crippen LogP contribution in [0.25, 0.3) is 10.8 Å². The molecule has 1 aromatic heterocycles. The van der Waals surface area contributed by atoms with Crippen molar-refractivity contribution in [1.82, 2.24) is 15.0 Å². The number of nitrogens with two attached hydrogens (primary N) is 1. The summed E-state index contributed by atoms with van der Waals surface area (Å²) in [6, 6.07) is 6.89. The van der Waals surface area contributed by atoms with Crippen LogP contribution in [0.2, 0.25) is 0 Å². The third kappa shape index (κ3) is 12.1. The molecule has 0 aliphatic rings. The highest BCUT2D eigenvalue weighted by Gasteiger charge is 2.24. The average molecular weight is 836 g/mol. The number of carbonyl (C=O) groups is 1. The second-order valence-electron chi connectivity index (χ2n) is 10.2. The molecule has 0 radical (unpaired) electrons. The molecule has 0 saturated carbocycles. The van der Waals surface area contributed by atoms with Crippen molar-refractivity contribution in [3.63, 3.8) is 0 Å². The Hall–Kier alpha value is -5.29. The molecule has 54 heavy (non-hydrogen) atoms. The number of nitrogens with zero attached hydrogens (tertiary/aromatic N) is 5. The van der Waals surface area contributed by atoms with E-state index in [0.717, 1.165) is 11.5 Å². The maximum atomic E-state index is 14.1. The van der Waals surface area contributed by atoms with Gasteiger partial charge in [-0.1, -0.05) is 6.58 Å². The SMILES string of the molecule is C=CS(=O)(=O)CCOCCNc1nc(F)nc(Nc2ccc(N=Nc3cc4c(S(=O)(=O)O)cc(S(=O)(=O)O)cc4cc3S(=O)(=O)O)c(NC)c2)n1.NC=O. The Morgan fingerprint density at radius 3 is 2.07 bits per heavy atom. The normalized spacial score (nSPS) is 12.2. The van der Waals surface area contributed by atoms with E-state index in [1.54, 1.807) is 0 Å². The number of ether oxygens (including phenoxy) is 1. The monoisotopic (exact) mass is 835 g/mol. The molecule has 0 atom stereocenters. The molecule has 4 aromatic rings. The predicted molar refractivity (Wildman–Crippen MR) is 190 cm³/mol. The van der Waals surface area contributed by atoms with E-state index in [1.807, 2.05) is 0 Å². The smallest absolute Gasteiger partial charge is 0.315 e. The molecule has 4 rings (SSSR count). The topological polar surface area (TPSA) is 349 Å². The molecule has 0 bridgehead atoms. The number of nitrogens with one attached hydrogen (secondary N) is 3. The summed E-state index contributed by atoms with van der Waals surface area (Å²) in [7, 11) is -17.2. The summed E-state index contributed by atoms with van der Waals surface area (Å²) in [5, 5.41) is 16.1. The molecular weight excluding hydrogens is 806 g/mol. The molecule has 0 fully saturated rings. The molecule has 3 aromatic carbocycles. The Balaban J connectivity index is 0.00000253. The van der Waals surface area contributed by atoms with Crippen molar-refractivity contribution in [2.45, 2.75) is 14.7 Å². The summed E-state index contributed by atoms with van der Waals surface area (Å²) in [4.78, 5) is 16.8. The highest BCUT2D eigenvalue weighted by molar-refractivity contribution is 7.94. The van der Waals surface area contributed by atoms with E-state index < -0.39 is 77.4 Å². The van der Waals surface area contributed by atoms with Crippen molar-refractivity contribution in [1.29, 1.82) is 0 Å². The van der Waals surface area contributed by atoms with Crippen LogP contribution in [0.4, 0.5) is 39.0 Å². The van der Waals surface area contributed by atoms with E-state index in [0.29, 0.717) is 23.9 Å². The Bertz CT molecular complexity index is 2540. The van der Waals surface area contributed by atoms with Crippen molar-refractivity contribution < 1.29 is 61.3 Å². The summed E-state index contributed by atoms with van der Waals surface area (Å²) in [5.41, 5.74) is 4.15. The van der Waals surface area contributed by atoms with Gasteiger partial charge < -0.3 is 26.4 Å². The number of aromatic nitrogens is 3. The lowest BCUT2D eigenvalue weighted by molar-refractivity contribution is -0.106. The van der Waals surface area contributed by atoms with Gasteiger partial charge in [-0.2, -0.15) is 44.6 Å². The fourth-order valence-corrected chi connectivity index (χ4v) is 6.69. The summed E-state index contributed by atoms with van der Waals surface area (Å²) in [6.45, 7) is 3.26. The number of amides is 1. The number of hydrogen-bond acceptors (Lipinski definition) is 18. The Kier molecular flexibility index (Phi) is 14.1. The van der Waals surface area contributed by atoms with Crippen molar-refractivity contribution >= 4 is 92.0 Å². The summed E-state index contributed by atoms with van der Waals surface area (Å²) < 4.78 is 143. The molecular formula is C27H30FN9O13S4. The molecule has 0 aliphatic carbocycles. The molecule has 22 nitrogen and oxygen atoms in total. The van der Waals surface area contributed by atoms with Crippen LogP contribution in [-0.4, -0.2) is 101 Å². The Morgan fingerprint density at radius 1 is 0.852 bits per heavy atom. The highest BCUT2D eigenvalue weighted by Crippen LogP contribution is 2.37. The first-order valence-corrected chi connectivity index (χ1v) is 20.4. The number of rotatable bonds is 16. The molecule has 0 unspecified atom stereocenters. The van der Waals surface area contributed by atoms with Gasteiger partial charge in [0.15, 0.2) is 9.84 Å². The first-order valence-electron chi connectivity index (χ1n) is 14.4. The molecule has 0 spiro atoms. The third-order valence-electron chi connectivity index (χ3n) is 6.51. The third-order valence-corrected chi connectivity index (χ3v) is 10.4. The molecule has 27 heteroatoms. The standard InChI is InChI=1S/C26H27FN8O12S4.CH3NO/c1-3-48(36,37)9-8-47-7-6-29-25-31-24(27)32-26(33-25)30-16-4-5-19(20(12-16)28-2)34-35-21-14-18-15(11-23(21)51(44,45)46)10-17(49(38,39)40)13-22(18)50(41,42)43;2-1-3/h3-5,10-14,28H,1,6-9H2,2H3,(H,38,39,40)(H,41,42,43)(H,44,45,46)(H2,29,30,31,32,33);1H,(H2,2,3). The molecule has 8 N–H and O–H groups in total. The van der Waals surface area contributed by atoms with Crippen LogP contribution in [0.5, 0.6) is 0 Å². The Morgan fingerprint density at radius 2 is 1.48 bits per heavy atom. The zero-order valence-corrected chi connectivity index (χ0v) is 30.7. The van der Waals surface area contributed by atoms with Gasteiger partial charge in [-0.25, -0.2) is 8.42 Å². The van der Waals surface area contributed by atoms with Crippen molar-refractivity contribution in [2.24, 2.45) is 16.0 Å². The lowest BCUT2D eigenvalue weighted by atomic mass is 10.1. The van der Waals surface area contributed by atoms with Gasteiger partial charge in [-0.05, 0) is 47.9 Å². The van der Waals surface area contributed by atoms with Gasteiger partial charge in [0.1, 0.15) is 21.2 Å². The number of primary amides is 1. The lowest BCUT2D eigenvalue weighted by Gasteiger charge is -2.11. The van der Waals surface area contributed by atoms with E-state index >= 15 is 0 Å². The largest absolute Gasteiger partial charge is 0.386 e. The van der Waals surface area contributed by atoms with Gasteiger partial charge in [-0.15, -0.1) is 10.2 Å².